The lowest BCUT2D eigenvalue weighted by molar-refractivity contribution is -0.139. The Morgan fingerprint density at radius 2 is 1.61 bits per heavy atom. The van der Waals surface area contributed by atoms with Crippen LogP contribution in [0.3, 0.4) is 0 Å². The van der Waals surface area contributed by atoms with Crippen LogP contribution in [-0.4, -0.2) is 73.1 Å². The summed E-state index contributed by atoms with van der Waals surface area (Å²) in [6, 6.07) is 14.0. The highest BCUT2D eigenvalue weighted by Crippen LogP contribution is 2.29. The van der Waals surface area contributed by atoms with Crippen LogP contribution in [0.1, 0.15) is 12.5 Å². The maximum Gasteiger partial charge on any atom is 0.325 e. The van der Waals surface area contributed by atoms with Crippen molar-refractivity contribution in [2.75, 3.05) is 32.7 Å². The zero-order valence-electron chi connectivity index (χ0n) is 17.9. The molecule has 0 aromatic heterocycles. The molecule has 1 atom stereocenters. The van der Waals surface area contributed by atoms with E-state index < -0.39 is 40.0 Å². The minimum Gasteiger partial charge on any atom is -0.338 e. The van der Waals surface area contributed by atoms with Crippen molar-refractivity contribution in [1.82, 2.24) is 19.4 Å². The van der Waals surface area contributed by atoms with Gasteiger partial charge in [0.25, 0.3) is 5.91 Å². The van der Waals surface area contributed by atoms with Crippen molar-refractivity contribution in [3.05, 3.63) is 65.2 Å². The molecule has 0 bridgehead atoms. The number of carbonyl (C=O) groups excluding carboxylic acids is 3. The molecule has 2 aromatic carbocycles. The van der Waals surface area contributed by atoms with E-state index in [2.05, 4.69) is 5.32 Å². The number of hydrogen-bond donors (Lipinski definition) is 1. The van der Waals surface area contributed by atoms with Gasteiger partial charge in [0.15, 0.2) is 0 Å². The first-order valence-corrected chi connectivity index (χ1v) is 12.2. The van der Waals surface area contributed by atoms with E-state index in [1.165, 1.54) is 21.3 Å². The van der Waals surface area contributed by atoms with Gasteiger partial charge in [0.1, 0.15) is 12.1 Å². The second-order valence-corrected chi connectivity index (χ2v) is 10.4. The third-order valence-electron chi connectivity index (χ3n) is 5.96. The Kier molecular flexibility index (Phi) is 6.17. The summed E-state index contributed by atoms with van der Waals surface area (Å²) in [6.45, 7) is 1.76. The van der Waals surface area contributed by atoms with E-state index in [0.717, 1.165) is 4.90 Å². The van der Waals surface area contributed by atoms with Crippen LogP contribution in [0.15, 0.2) is 59.5 Å². The van der Waals surface area contributed by atoms with E-state index in [1.807, 2.05) is 0 Å². The molecule has 4 amide bonds. The average molecular weight is 491 g/mol. The molecule has 33 heavy (non-hydrogen) atoms. The van der Waals surface area contributed by atoms with Gasteiger partial charge in [-0.15, -0.1) is 0 Å². The summed E-state index contributed by atoms with van der Waals surface area (Å²) in [5.41, 5.74) is -0.746. The lowest BCUT2D eigenvalue weighted by Gasteiger charge is -2.34. The zero-order valence-corrected chi connectivity index (χ0v) is 19.5. The largest absolute Gasteiger partial charge is 0.338 e. The monoisotopic (exact) mass is 490 g/mol. The number of rotatable bonds is 5. The van der Waals surface area contributed by atoms with Gasteiger partial charge in [-0.05, 0) is 36.8 Å². The van der Waals surface area contributed by atoms with Crippen LogP contribution < -0.4 is 5.32 Å². The highest BCUT2D eigenvalue weighted by atomic mass is 35.5. The van der Waals surface area contributed by atoms with Crippen molar-refractivity contribution < 1.29 is 22.8 Å². The third-order valence-corrected chi connectivity index (χ3v) is 8.13. The highest BCUT2D eigenvalue weighted by Gasteiger charge is 2.49. The lowest BCUT2D eigenvalue weighted by atomic mass is 9.92. The molecule has 1 N–H and O–H groups in total. The quantitative estimate of drug-likeness (QED) is 0.641. The molecule has 174 valence electrons. The summed E-state index contributed by atoms with van der Waals surface area (Å²) in [7, 11) is -3.64. The molecule has 11 heteroatoms. The molecule has 0 aliphatic carbocycles. The summed E-state index contributed by atoms with van der Waals surface area (Å²) in [4.78, 5) is 40.9. The van der Waals surface area contributed by atoms with Gasteiger partial charge in [0.05, 0.1) is 4.90 Å². The third kappa shape index (κ3) is 4.33. The number of amides is 4. The number of nitrogens with zero attached hydrogens (tertiary/aromatic N) is 3. The first-order valence-electron chi connectivity index (χ1n) is 10.4. The van der Waals surface area contributed by atoms with Gasteiger partial charge < -0.3 is 10.2 Å². The van der Waals surface area contributed by atoms with Crippen LogP contribution in [0.25, 0.3) is 0 Å². The molecule has 2 aromatic rings. The Bertz CT molecular complexity index is 1180. The minimum atomic E-state index is -3.64. The predicted octanol–water partition coefficient (Wildman–Crippen LogP) is 1.64. The Balaban J connectivity index is 1.40. The smallest absolute Gasteiger partial charge is 0.325 e. The summed E-state index contributed by atoms with van der Waals surface area (Å²) < 4.78 is 26.9. The molecule has 2 heterocycles. The summed E-state index contributed by atoms with van der Waals surface area (Å²) in [5, 5.41) is 3.15. The molecule has 0 spiro atoms. The normalized spacial score (nSPS) is 21.9. The van der Waals surface area contributed by atoms with Gasteiger partial charge in [-0.25, -0.2) is 13.2 Å². The Morgan fingerprint density at radius 1 is 1.00 bits per heavy atom. The second-order valence-electron chi connectivity index (χ2n) is 8.05. The van der Waals surface area contributed by atoms with Crippen LogP contribution in [0.2, 0.25) is 5.02 Å². The van der Waals surface area contributed by atoms with Crippen molar-refractivity contribution in [3.8, 4) is 0 Å². The number of imide groups is 1. The Morgan fingerprint density at radius 3 is 2.21 bits per heavy atom. The van der Waals surface area contributed by atoms with Crippen LogP contribution in [0, 0.1) is 0 Å². The van der Waals surface area contributed by atoms with Gasteiger partial charge >= 0.3 is 6.03 Å². The molecule has 2 aliphatic rings. The number of piperazine rings is 1. The average Bonchev–Trinajstić information content (AvgIpc) is 3.03. The fraction of sp³-hybridized carbons (Fsp3) is 0.318. The van der Waals surface area contributed by atoms with Crippen molar-refractivity contribution in [2.45, 2.75) is 17.4 Å². The van der Waals surface area contributed by atoms with E-state index >= 15 is 0 Å². The molecule has 2 aliphatic heterocycles. The molecule has 2 fully saturated rings. The first kappa shape index (κ1) is 23.2. The van der Waals surface area contributed by atoms with Gasteiger partial charge in [0.2, 0.25) is 15.9 Å². The van der Waals surface area contributed by atoms with Crippen molar-refractivity contribution in [1.29, 1.82) is 0 Å². The maximum atomic E-state index is 13.0. The SMILES string of the molecule is C[C@]1(c2ccc(Cl)cc2)NC(=O)N(CC(=O)N2CCN(S(=O)(=O)c3ccccc3)CC2)C1=O. The number of halogens is 1. The van der Waals surface area contributed by atoms with E-state index in [0.29, 0.717) is 10.6 Å². The van der Waals surface area contributed by atoms with Crippen LogP contribution in [0.5, 0.6) is 0 Å². The lowest BCUT2D eigenvalue weighted by Crippen LogP contribution is -2.53. The molecular weight excluding hydrogens is 468 g/mol. The minimum absolute atomic E-state index is 0.131. The summed E-state index contributed by atoms with van der Waals surface area (Å²) in [5.74, 6) is -0.955. The first-order chi connectivity index (χ1) is 15.6. The molecule has 2 saturated heterocycles. The van der Waals surface area contributed by atoms with Gasteiger partial charge in [0, 0.05) is 31.2 Å². The second kappa shape index (κ2) is 8.77. The standard InChI is InChI=1S/C22H23ClN4O5S/c1-22(16-7-9-17(23)10-8-16)20(29)27(21(30)24-22)15-19(28)25-11-13-26(14-12-25)33(31,32)18-5-3-2-4-6-18/h2-10H,11-15H2,1H3,(H,24,30)/t22-/m1/s1. The number of sulfonamides is 1. The van der Waals surface area contributed by atoms with Gasteiger partial charge in [-0.3, -0.25) is 14.5 Å². The van der Waals surface area contributed by atoms with Gasteiger partial charge in [-0.1, -0.05) is 41.9 Å². The molecule has 0 radical (unpaired) electrons. The number of benzene rings is 2. The van der Waals surface area contributed by atoms with Crippen LogP contribution in [0.4, 0.5) is 4.79 Å². The molecular formula is C22H23ClN4O5S. The number of hydrogen-bond acceptors (Lipinski definition) is 5. The van der Waals surface area contributed by atoms with E-state index in [1.54, 1.807) is 49.4 Å². The van der Waals surface area contributed by atoms with E-state index in [-0.39, 0.29) is 31.1 Å². The molecule has 0 saturated carbocycles. The molecule has 4 rings (SSSR count). The Labute approximate surface area is 197 Å². The Hall–Kier alpha value is -2.95. The molecule has 9 nitrogen and oxygen atoms in total. The van der Waals surface area contributed by atoms with E-state index in [9.17, 15) is 22.8 Å². The highest BCUT2D eigenvalue weighted by molar-refractivity contribution is 7.89. The summed E-state index contributed by atoms with van der Waals surface area (Å²) in [6.07, 6.45) is 0. The van der Waals surface area contributed by atoms with Crippen LogP contribution in [-0.2, 0) is 25.2 Å². The zero-order chi connectivity index (χ0) is 23.8. The number of nitrogens with one attached hydrogen (secondary N) is 1. The molecule has 0 unspecified atom stereocenters. The van der Waals surface area contributed by atoms with Crippen molar-refractivity contribution in [2.24, 2.45) is 0 Å². The van der Waals surface area contributed by atoms with E-state index in [4.69, 9.17) is 11.6 Å². The number of urea groups is 1. The fourth-order valence-corrected chi connectivity index (χ4v) is 5.54. The van der Waals surface area contributed by atoms with Crippen molar-refractivity contribution in [3.63, 3.8) is 0 Å². The topological polar surface area (TPSA) is 107 Å². The van der Waals surface area contributed by atoms with Crippen molar-refractivity contribution >= 4 is 39.5 Å². The van der Waals surface area contributed by atoms with Gasteiger partial charge in [-0.2, -0.15) is 4.31 Å². The van der Waals surface area contributed by atoms with Crippen LogP contribution >= 0.6 is 11.6 Å². The maximum absolute atomic E-state index is 13.0. The number of carbonyl (C=O) groups is 3. The fourth-order valence-electron chi connectivity index (χ4n) is 3.97. The predicted molar refractivity (Wildman–Crippen MR) is 121 cm³/mol. The summed E-state index contributed by atoms with van der Waals surface area (Å²) >= 11 is 5.91.